The zero-order valence-electron chi connectivity index (χ0n) is 65.7. The topological polar surface area (TPSA) is 222 Å². The predicted molar refractivity (Wildman–Crippen MR) is 444 cm³/mol. The summed E-state index contributed by atoms with van der Waals surface area (Å²) in [5.41, 5.74) is 1.13. The Hall–Kier alpha value is 4.68. The Labute approximate surface area is 628 Å². The molecule has 4 rings (SSSR count). The molecular weight excluding hydrogens is 1680 g/mol. The number of rotatable bonds is 36. The minimum Gasteiger partial charge on any atom is -0.442 e. The molecule has 4 aliphatic rings. The van der Waals surface area contributed by atoms with E-state index in [9.17, 15) is 0 Å². The van der Waals surface area contributed by atoms with Gasteiger partial charge in [-0.1, -0.05) is 0 Å². The molecule has 4 heterocycles. The van der Waals surface area contributed by atoms with E-state index in [1.54, 1.807) is 0 Å². The summed E-state index contributed by atoms with van der Waals surface area (Å²) in [5, 5.41) is 0. The monoisotopic (exact) mass is 1810 g/mol. The third-order valence-electron chi connectivity index (χ3n) is 15.3. The van der Waals surface area contributed by atoms with E-state index < -0.39 is 223 Å². The number of hydrogen-bond acceptors (Lipinski definition) is 24. The largest absolute Gasteiger partial charge is 0.643 e. The molecule has 0 aliphatic carbocycles. The van der Waals surface area contributed by atoms with E-state index in [2.05, 4.69) is 171 Å². The standard InChI is InChI=1S/C47H132O24Si26/c1-45-41-74(4)54-79(9)60-84(49-45)34-39-89(17,18)64-92(23,24)67-95(29,30)70-97(53-73-51-72-52-87(13,14)38-36-86-57-77(7)44-76(6)56-81(11)62-86,69-94(27,28)66-91(21,22)63-88(15,16)37-33-83-43-47(3)48-78(8)58-82(12)59-83)71-96(31,32)68-93(25,26)65-90(19,20)40-35-85-50-46(2)42-75(5)55-80(10)61-85/h45-47,74-82H,33-44H2,1-32H3. The van der Waals surface area contributed by atoms with Crippen LogP contribution in [-0.4, -0.2) is 251 Å². The molecule has 12 unspecified atom stereocenters. The van der Waals surface area contributed by atoms with Crippen molar-refractivity contribution >= 4 is 233 Å². The van der Waals surface area contributed by atoms with Crippen LogP contribution in [0.3, 0.4) is 0 Å². The van der Waals surface area contributed by atoms with Crippen molar-refractivity contribution in [3.05, 3.63) is 0 Å². The van der Waals surface area contributed by atoms with Crippen LogP contribution in [0.4, 0.5) is 0 Å². The highest BCUT2D eigenvalue weighted by Gasteiger charge is 2.61. The first-order valence-corrected chi connectivity index (χ1v) is 94.6. The van der Waals surface area contributed by atoms with Gasteiger partial charge < -0.3 is 99.7 Å². The minimum atomic E-state index is -4.57. The Bertz CT molecular complexity index is 2060. The average Bonchev–Trinajstić information content (AvgIpc) is 0.775. The molecule has 97 heavy (non-hydrogen) atoms. The van der Waals surface area contributed by atoms with Crippen LogP contribution in [0.25, 0.3) is 0 Å². The van der Waals surface area contributed by atoms with Gasteiger partial charge in [0.1, 0.15) is 0 Å². The van der Waals surface area contributed by atoms with Crippen molar-refractivity contribution in [3.63, 3.8) is 0 Å². The van der Waals surface area contributed by atoms with Crippen molar-refractivity contribution in [1.29, 1.82) is 0 Å². The van der Waals surface area contributed by atoms with Crippen LogP contribution in [0.1, 0.15) is 20.8 Å². The van der Waals surface area contributed by atoms with Crippen LogP contribution < -0.4 is 0 Å². The fourth-order valence-corrected chi connectivity index (χ4v) is 112. The van der Waals surface area contributed by atoms with Crippen molar-refractivity contribution in [3.8, 4) is 0 Å². The van der Waals surface area contributed by atoms with Gasteiger partial charge in [-0.25, -0.2) is 0 Å². The molecule has 4 aliphatic heterocycles. The van der Waals surface area contributed by atoms with Gasteiger partial charge in [-0.05, 0) is 283 Å². The van der Waals surface area contributed by atoms with Gasteiger partial charge in [0, 0.05) is 18.3 Å². The highest BCUT2D eigenvalue weighted by molar-refractivity contribution is 6.94. The van der Waals surface area contributed by atoms with E-state index in [-0.39, 0.29) is 28.3 Å². The molecule has 24 nitrogen and oxygen atoms in total. The maximum atomic E-state index is 7.60. The van der Waals surface area contributed by atoms with Crippen LogP contribution >= 0.6 is 0 Å². The Balaban J connectivity index is 1.71. The van der Waals surface area contributed by atoms with E-state index in [0.29, 0.717) is 0 Å². The molecule has 0 amide bonds. The first-order chi connectivity index (χ1) is 44.1. The normalized spacial score (nSPS) is 29.2. The molecule has 0 aromatic carbocycles. The summed E-state index contributed by atoms with van der Waals surface area (Å²) in [5.74, 6) is 0. The number of hydrogen-bond donors (Lipinski definition) is 0. The van der Waals surface area contributed by atoms with Crippen molar-refractivity contribution < 1.29 is 99.7 Å². The summed E-state index contributed by atoms with van der Waals surface area (Å²) < 4.78 is 165. The summed E-state index contributed by atoms with van der Waals surface area (Å²) in [7, 11) is -54.3. The lowest BCUT2D eigenvalue weighted by molar-refractivity contribution is 0.106. The Morgan fingerprint density at radius 3 is 1.13 bits per heavy atom. The van der Waals surface area contributed by atoms with Crippen molar-refractivity contribution in [2.75, 3.05) is 0 Å². The highest BCUT2D eigenvalue weighted by Crippen LogP contribution is 2.36. The summed E-state index contributed by atoms with van der Waals surface area (Å²) >= 11 is 0. The van der Waals surface area contributed by atoms with Gasteiger partial charge in [0.05, 0.1) is 0 Å². The summed E-state index contributed by atoms with van der Waals surface area (Å²) in [6, 6.07) is 9.76. The molecule has 0 saturated carbocycles. The van der Waals surface area contributed by atoms with Crippen molar-refractivity contribution in [1.82, 2.24) is 0 Å². The molecule has 4 saturated heterocycles. The molecule has 4 fully saturated rings. The SMILES string of the molecule is CC1C[SiH](C)O[SiH](C)O[Si](CC[Si](C)(C)O[Si](C)(C)O[Si](C)(C)O[Si](O[Si]O[Si]O[Si](C)(C)CC[Si]2O[SiH](C)C[SiH](C)O[SiH](C)O2)(O[Si](C)(C)O[Si](C)(C)O[Si](C)(C)CC[Si]2CC(C)O[SiH](C)O[SiH](C)O2)O[Si](C)(C)O[Si](C)(C)O[Si](C)(C)CC[Si]2OC(C)C[SiH](C)O[SiH](C)O2)O1. The Kier molecular flexibility index (Phi) is 39.5. The molecule has 12 atom stereocenters. The maximum Gasteiger partial charge on any atom is 0.643 e. The molecule has 0 spiro atoms. The molecular formula is C47H132O24Si26. The fraction of sp³-hybridized carbons (Fsp3) is 1.00. The first-order valence-electron chi connectivity index (χ1n) is 35.3. The fourth-order valence-electron chi connectivity index (χ4n) is 12.9. The van der Waals surface area contributed by atoms with Gasteiger partial charge in [0.15, 0.2) is 69.4 Å². The molecule has 0 bridgehead atoms. The second kappa shape index (κ2) is 40.7. The summed E-state index contributed by atoms with van der Waals surface area (Å²) in [6.45, 7) is 69.0. The third kappa shape index (κ3) is 39.9. The van der Waals surface area contributed by atoms with Crippen LogP contribution in [0.5, 0.6) is 0 Å². The lowest BCUT2D eigenvalue weighted by atomic mass is 10.5. The van der Waals surface area contributed by atoms with E-state index in [1.165, 1.54) is 0 Å². The van der Waals surface area contributed by atoms with Crippen molar-refractivity contribution in [2.45, 2.75) is 301 Å². The summed E-state index contributed by atoms with van der Waals surface area (Å²) in [6.07, 6.45) is 0.339. The molecule has 50 heteroatoms. The lowest BCUT2D eigenvalue weighted by Crippen LogP contribution is -2.69. The first kappa shape index (κ1) is 94.1. The molecule has 0 aromatic rings. The van der Waals surface area contributed by atoms with Gasteiger partial charge >= 0.3 is 118 Å². The van der Waals surface area contributed by atoms with E-state index in [0.717, 1.165) is 72.2 Å². The van der Waals surface area contributed by atoms with E-state index in [4.69, 9.17) is 99.7 Å². The van der Waals surface area contributed by atoms with Gasteiger partial charge in [0.2, 0.25) is 9.04 Å². The second-order valence-electron chi connectivity index (χ2n) is 31.9. The van der Waals surface area contributed by atoms with Crippen molar-refractivity contribution in [2.24, 2.45) is 0 Å². The van der Waals surface area contributed by atoms with Crippen LogP contribution in [-0.2, 0) is 99.7 Å². The molecule has 568 valence electrons. The zero-order chi connectivity index (χ0) is 73.6. The van der Waals surface area contributed by atoms with Gasteiger partial charge in [-0.3, -0.25) is 0 Å². The van der Waals surface area contributed by atoms with Crippen LogP contribution in [0.2, 0.25) is 262 Å². The van der Waals surface area contributed by atoms with E-state index in [1.807, 2.05) is 39.3 Å². The quantitative estimate of drug-likeness (QED) is 0.0420. The average molecular weight is 1810 g/mol. The van der Waals surface area contributed by atoms with Crippen LogP contribution in [0.15, 0.2) is 0 Å². The predicted octanol–water partition coefficient (Wildman–Crippen LogP) is 9.80. The zero-order valence-corrected chi connectivity index (χ0v) is 93.1. The lowest BCUT2D eigenvalue weighted by Gasteiger charge is -2.46. The smallest absolute Gasteiger partial charge is 0.442 e. The van der Waals surface area contributed by atoms with Gasteiger partial charge in [-0.15, -0.1) is 0 Å². The maximum absolute atomic E-state index is 7.60. The second-order valence-corrected chi connectivity index (χ2v) is 106. The Morgan fingerprint density at radius 2 is 0.701 bits per heavy atom. The van der Waals surface area contributed by atoms with Gasteiger partial charge in [0.25, 0.3) is 37.1 Å². The molecule has 8 radical (unpaired) electrons. The van der Waals surface area contributed by atoms with Gasteiger partial charge in [-0.2, -0.15) is 0 Å². The molecule has 0 N–H and O–H groups in total. The van der Waals surface area contributed by atoms with Crippen LogP contribution in [0, 0.1) is 0 Å². The Morgan fingerprint density at radius 1 is 0.351 bits per heavy atom. The summed E-state index contributed by atoms with van der Waals surface area (Å²) in [4.78, 5) is 0. The van der Waals surface area contributed by atoms with E-state index >= 15 is 0 Å². The minimum absolute atomic E-state index is 0.112. The molecule has 0 aromatic heterocycles. The highest BCUT2D eigenvalue weighted by atomic mass is 28.6. The third-order valence-corrected chi connectivity index (χ3v) is 101.